The largest absolute Gasteiger partial charge is 0.486 e. The lowest BCUT2D eigenvalue weighted by Gasteiger charge is -2.18. The van der Waals surface area contributed by atoms with E-state index in [9.17, 15) is 4.79 Å². The molecule has 3 heterocycles. The van der Waals surface area contributed by atoms with E-state index in [1.807, 2.05) is 18.2 Å². The summed E-state index contributed by atoms with van der Waals surface area (Å²) in [6, 6.07) is 12.1. The zero-order chi connectivity index (χ0) is 18.9. The topological polar surface area (TPSA) is 89.3 Å². The first-order chi connectivity index (χ1) is 13.8. The number of esters is 1. The highest BCUT2D eigenvalue weighted by atomic mass is 16.7. The van der Waals surface area contributed by atoms with Crippen molar-refractivity contribution in [1.82, 2.24) is 5.16 Å². The molecular weight excluding hydrogens is 366 g/mol. The fourth-order valence-corrected chi connectivity index (χ4v) is 2.96. The minimum atomic E-state index is -0.484. The van der Waals surface area contributed by atoms with Gasteiger partial charge in [-0.2, -0.15) is 0 Å². The summed E-state index contributed by atoms with van der Waals surface area (Å²) in [7, 11) is 0. The van der Waals surface area contributed by atoms with Gasteiger partial charge < -0.3 is 28.2 Å². The van der Waals surface area contributed by atoms with Gasteiger partial charge in [-0.1, -0.05) is 5.16 Å². The van der Waals surface area contributed by atoms with Crippen LogP contribution in [0.5, 0.6) is 23.0 Å². The van der Waals surface area contributed by atoms with E-state index in [-0.39, 0.29) is 13.4 Å². The first-order valence-corrected chi connectivity index (χ1v) is 8.69. The maximum atomic E-state index is 12.2. The van der Waals surface area contributed by atoms with Crippen LogP contribution in [0.3, 0.4) is 0 Å². The SMILES string of the molecule is O=C(OCc1cc(-c2ccc3c(c2)OCCO3)on1)c1ccc2c(c1)OCO2. The molecule has 0 saturated heterocycles. The fraction of sp³-hybridized carbons (Fsp3) is 0.200. The first kappa shape index (κ1) is 16.5. The van der Waals surface area contributed by atoms with E-state index in [0.29, 0.717) is 53.2 Å². The number of hydrogen-bond acceptors (Lipinski definition) is 8. The summed E-state index contributed by atoms with van der Waals surface area (Å²) < 4.78 is 32.3. The van der Waals surface area contributed by atoms with Crippen LogP contribution < -0.4 is 18.9 Å². The molecule has 0 atom stereocenters. The number of nitrogens with zero attached hydrogens (tertiary/aromatic N) is 1. The minimum Gasteiger partial charge on any atom is -0.486 e. The molecule has 0 saturated carbocycles. The number of rotatable bonds is 4. The Morgan fingerprint density at radius 2 is 1.64 bits per heavy atom. The van der Waals surface area contributed by atoms with Crippen molar-refractivity contribution in [3.8, 4) is 34.3 Å². The van der Waals surface area contributed by atoms with Gasteiger partial charge in [-0.25, -0.2) is 4.79 Å². The van der Waals surface area contributed by atoms with Crippen molar-refractivity contribution in [3.05, 3.63) is 53.7 Å². The molecule has 0 fully saturated rings. The monoisotopic (exact) mass is 381 g/mol. The Bertz CT molecular complexity index is 1040. The molecule has 0 N–H and O–H groups in total. The summed E-state index contributed by atoms with van der Waals surface area (Å²) in [4.78, 5) is 12.2. The summed E-state index contributed by atoms with van der Waals surface area (Å²) in [5, 5.41) is 3.96. The van der Waals surface area contributed by atoms with E-state index in [2.05, 4.69) is 5.16 Å². The molecule has 2 aromatic carbocycles. The molecule has 0 spiro atoms. The predicted octanol–water partition coefficient (Wildman–Crippen LogP) is 3.20. The van der Waals surface area contributed by atoms with Crippen molar-refractivity contribution in [2.45, 2.75) is 6.61 Å². The Morgan fingerprint density at radius 1 is 0.893 bits per heavy atom. The van der Waals surface area contributed by atoms with E-state index >= 15 is 0 Å². The van der Waals surface area contributed by atoms with Crippen LogP contribution >= 0.6 is 0 Å². The van der Waals surface area contributed by atoms with Crippen LogP contribution in [-0.2, 0) is 11.3 Å². The number of hydrogen-bond donors (Lipinski definition) is 0. The van der Waals surface area contributed by atoms with Gasteiger partial charge in [0.15, 0.2) is 28.8 Å². The standard InChI is InChI=1S/C20H15NO7/c22-20(13-2-4-16-19(8-13)27-11-26-16)25-10-14-9-17(28-21-14)12-1-3-15-18(7-12)24-6-5-23-15/h1-4,7-9H,5-6,10-11H2. The Balaban J connectivity index is 1.26. The third kappa shape index (κ3) is 3.09. The molecule has 0 bridgehead atoms. The van der Waals surface area contributed by atoms with Gasteiger partial charge in [0.2, 0.25) is 6.79 Å². The third-order valence-electron chi connectivity index (χ3n) is 4.35. The van der Waals surface area contributed by atoms with E-state index in [1.165, 1.54) is 0 Å². The van der Waals surface area contributed by atoms with Crippen molar-refractivity contribution >= 4 is 5.97 Å². The summed E-state index contributed by atoms with van der Waals surface area (Å²) >= 11 is 0. The summed E-state index contributed by atoms with van der Waals surface area (Å²) in [6.45, 7) is 1.18. The summed E-state index contributed by atoms with van der Waals surface area (Å²) in [5.41, 5.74) is 1.67. The van der Waals surface area contributed by atoms with Crippen LogP contribution in [0.1, 0.15) is 16.1 Å². The van der Waals surface area contributed by atoms with Crippen LogP contribution in [0.15, 0.2) is 47.0 Å². The van der Waals surface area contributed by atoms with Gasteiger partial charge in [-0.15, -0.1) is 0 Å². The van der Waals surface area contributed by atoms with Gasteiger partial charge in [0, 0.05) is 11.6 Å². The summed E-state index contributed by atoms with van der Waals surface area (Å²) in [6.07, 6.45) is 0. The van der Waals surface area contributed by atoms with Crippen molar-refractivity contribution in [1.29, 1.82) is 0 Å². The molecule has 2 aliphatic rings. The molecule has 8 heteroatoms. The number of carbonyl (C=O) groups excluding carboxylic acids is 1. The fourth-order valence-electron chi connectivity index (χ4n) is 2.96. The van der Waals surface area contributed by atoms with Gasteiger partial charge in [-0.3, -0.25) is 0 Å². The van der Waals surface area contributed by atoms with Crippen LogP contribution in [0.4, 0.5) is 0 Å². The van der Waals surface area contributed by atoms with E-state index in [0.717, 1.165) is 5.56 Å². The van der Waals surface area contributed by atoms with Gasteiger partial charge >= 0.3 is 5.97 Å². The number of ether oxygens (including phenoxy) is 5. The Kier molecular flexibility index (Phi) is 4.01. The zero-order valence-corrected chi connectivity index (χ0v) is 14.7. The highest BCUT2D eigenvalue weighted by molar-refractivity contribution is 5.90. The molecule has 0 amide bonds. The second-order valence-electron chi connectivity index (χ2n) is 6.19. The van der Waals surface area contributed by atoms with Crippen LogP contribution in [0.2, 0.25) is 0 Å². The van der Waals surface area contributed by atoms with Crippen molar-refractivity contribution in [2.24, 2.45) is 0 Å². The van der Waals surface area contributed by atoms with Gasteiger partial charge in [0.05, 0.1) is 5.56 Å². The smallest absolute Gasteiger partial charge is 0.338 e. The van der Waals surface area contributed by atoms with Crippen LogP contribution in [0.25, 0.3) is 11.3 Å². The minimum absolute atomic E-state index is 0.0126. The van der Waals surface area contributed by atoms with E-state index in [4.69, 9.17) is 28.2 Å². The second-order valence-corrected chi connectivity index (χ2v) is 6.19. The highest BCUT2D eigenvalue weighted by Crippen LogP contribution is 2.35. The second kappa shape index (κ2) is 6.80. The number of fused-ring (bicyclic) bond motifs is 2. The molecule has 1 aromatic heterocycles. The lowest BCUT2D eigenvalue weighted by atomic mass is 10.1. The molecule has 2 aliphatic heterocycles. The number of carbonyl (C=O) groups is 1. The number of benzene rings is 2. The molecule has 8 nitrogen and oxygen atoms in total. The van der Waals surface area contributed by atoms with Gasteiger partial charge in [0.25, 0.3) is 0 Å². The van der Waals surface area contributed by atoms with E-state index in [1.54, 1.807) is 24.3 Å². The molecule has 0 unspecified atom stereocenters. The maximum Gasteiger partial charge on any atom is 0.338 e. The van der Waals surface area contributed by atoms with Crippen LogP contribution in [0, 0.1) is 0 Å². The van der Waals surface area contributed by atoms with Crippen molar-refractivity contribution in [3.63, 3.8) is 0 Å². The maximum absolute atomic E-state index is 12.2. The molecular formula is C20H15NO7. The van der Waals surface area contributed by atoms with Crippen molar-refractivity contribution < 1.29 is 33.0 Å². The van der Waals surface area contributed by atoms with Crippen molar-refractivity contribution in [2.75, 3.05) is 20.0 Å². The third-order valence-corrected chi connectivity index (χ3v) is 4.35. The zero-order valence-electron chi connectivity index (χ0n) is 14.7. The molecule has 142 valence electrons. The summed E-state index contributed by atoms with van der Waals surface area (Å²) in [5.74, 6) is 2.56. The molecule has 0 aliphatic carbocycles. The molecule has 0 radical (unpaired) electrons. The normalized spacial score (nSPS) is 14.0. The quantitative estimate of drug-likeness (QED) is 0.637. The highest BCUT2D eigenvalue weighted by Gasteiger charge is 2.18. The van der Waals surface area contributed by atoms with Gasteiger partial charge in [-0.05, 0) is 36.4 Å². The molecule has 3 aromatic rings. The average Bonchev–Trinajstić information content (AvgIpc) is 3.40. The first-order valence-electron chi connectivity index (χ1n) is 8.69. The lowest BCUT2D eigenvalue weighted by molar-refractivity contribution is 0.0464. The Morgan fingerprint density at radius 3 is 2.57 bits per heavy atom. The average molecular weight is 381 g/mol. The van der Waals surface area contributed by atoms with Crippen LogP contribution in [-0.4, -0.2) is 31.1 Å². The Labute approximate surface area is 159 Å². The lowest BCUT2D eigenvalue weighted by Crippen LogP contribution is -2.15. The van der Waals surface area contributed by atoms with E-state index < -0.39 is 5.97 Å². The predicted molar refractivity (Wildman–Crippen MR) is 94.6 cm³/mol. The Hall–Kier alpha value is -3.68. The number of aromatic nitrogens is 1. The molecule has 28 heavy (non-hydrogen) atoms. The molecule has 5 rings (SSSR count). The van der Waals surface area contributed by atoms with Gasteiger partial charge in [0.1, 0.15) is 25.5 Å².